The molecule has 0 aliphatic heterocycles. The predicted molar refractivity (Wildman–Crippen MR) is 70.2 cm³/mol. The number of hydrazone groups is 1. The Kier molecular flexibility index (Phi) is 5.30. The molecular weight excluding hydrogens is 252 g/mol. The molecule has 0 saturated heterocycles. The van der Waals surface area contributed by atoms with Gasteiger partial charge in [-0.05, 0) is 24.1 Å². The van der Waals surface area contributed by atoms with E-state index in [1.807, 2.05) is 6.07 Å². The van der Waals surface area contributed by atoms with Gasteiger partial charge in [-0.1, -0.05) is 12.1 Å². The molecule has 18 heavy (non-hydrogen) atoms. The van der Waals surface area contributed by atoms with Crippen LogP contribution in [0, 0.1) is 11.3 Å². The monoisotopic (exact) mass is 266 g/mol. The Labute approximate surface area is 106 Å². The highest BCUT2D eigenvalue weighted by Crippen LogP contribution is 2.11. The van der Waals surface area contributed by atoms with Gasteiger partial charge in [0.05, 0.1) is 17.5 Å². The van der Waals surface area contributed by atoms with Crippen LogP contribution in [0.25, 0.3) is 0 Å². The summed E-state index contributed by atoms with van der Waals surface area (Å²) in [7, 11) is -3.50. The van der Waals surface area contributed by atoms with Gasteiger partial charge in [0.1, 0.15) is 0 Å². The highest BCUT2D eigenvalue weighted by Gasteiger charge is 2.04. The first-order valence-electron chi connectivity index (χ1n) is 5.25. The maximum Gasteiger partial charge on any atom is 0.213 e. The van der Waals surface area contributed by atoms with Gasteiger partial charge >= 0.3 is 0 Å². The van der Waals surface area contributed by atoms with Crippen molar-refractivity contribution in [3.63, 3.8) is 0 Å². The van der Waals surface area contributed by atoms with Crippen LogP contribution in [0.3, 0.4) is 0 Å². The summed E-state index contributed by atoms with van der Waals surface area (Å²) in [5, 5.41) is 17.2. The van der Waals surface area contributed by atoms with Crippen molar-refractivity contribution in [2.75, 3.05) is 5.43 Å². The molecule has 7 heteroatoms. The molecule has 6 nitrogen and oxygen atoms in total. The lowest BCUT2D eigenvalue weighted by Crippen LogP contribution is -2.14. The molecule has 0 atom stereocenters. The van der Waals surface area contributed by atoms with E-state index in [0.717, 1.165) is 5.69 Å². The summed E-state index contributed by atoms with van der Waals surface area (Å²) in [6, 6.07) is 8.76. The van der Waals surface area contributed by atoms with Crippen molar-refractivity contribution < 1.29 is 8.42 Å². The molecule has 3 N–H and O–H groups in total. The Hall–Kier alpha value is -1.91. The maximum atomic E-state index is 10.9. The Morgan fingerprint density at radius 2 is 2.06 bits per heavy atom. The maximum absolute atomic E-state index is 10.9. The van der Waals surface area contributed by atoms with E-state index in [0.29, 0.717) is 18.4 Å². The number of sulfonamides is 1. The summed E-state index contributed by atoms with van der Waals surface area (Å²) < 4.78 is 21.7. The minimum Gasteiger partial charge on any atom is -0.279 e. The molecule has 96 valence electrons. The van der Waals surface area contributed by atoms with E-state index >= 15 is 0 Å². The first kappa shape index (κ1) is 14.2. The molecule has 0 bridgehead atoms. The summed E-state index contributed by atoms with van der Waals surface area (Å²) in [6.07, 6.45) is 2.63. The van der Waals surface area contributed by atoms with Gasteiger partial charge < -0.3 is 0 Å². The van der Waals surface area contributed by atoms with E-state index in [1.165, 1.54) is 0 Å². The van der Waals surface area contributed by atoms with Gasteiger partial charge in [-0.25, -0.2) is 13.6 Å². The molecular formula is C11H14N4O2S. The van der Waals surface area contributed by atoms with Crippen LogP contribution >= 0.6 is 0 Å². The normalized spacial score (nSPS) is 11.3. The third kappa shape index (κ3) is 5.98. The molecule has 0 heterocycles. The fourth-order valence-electron chi connectivity index (χ4n) is 1.22. The van der Waals surface area contributed by atoms with Gasteiger partial charge in [-0.2, -0.15) is 10.4 Å². The quantitative estimate of drug-likeness (QED) is 0.457. The smallest absolute Gasteiger partial charge is 0.213 e. The lowest BCUT2D eigenvalue weighted by Gasteiger charge is -2.02. The van der Waals surface area contributed by atoms with Crippen LogP contribution in [-0.4, -0.2) is 14.6 Å². The van der Waals surface area contributed by atoms with E-state index in [4.69, 9.17) is 10.4 Å². The molecule has 0 fully saturated rings. The minimum atomic E-state index is -3.50. The zero-order valence-corrected chi connectivity index (χ0v) is 10.5. The van der Waals surface area contributed by atoms with Crippen molar-refractivity contribution in [3.05, 3.63) is 29.8 Å². The van der Waals surface area contributed by atoms with E-state index in [1.54, 1.807) is 30.5 Å². The number of nitrogens with two attached hydrogens (primary N) is 1. The van der Waals surface area contributed by atoms with Crippen molar-refractivity contribution >= 4 is 21.9 Å². The topological polar surface area (TPSA) is 108 Å². The summed E-state index contributed by atoms with van der Waals surface area (Å²) >= 11 is 0. The van der Waals surface area contributed by atoms with Gasteiger partial charge in [0.25, 0.3) is 0 Å². The average Bonchev–Trinajstić information content (AvgIpc) is 2.29. The number of hydrogen-bond donors (Lipinski definition) is 2. The summed E-state index contributed by atoms with van der Waals surface area (Å²) in [5.74, 6) is -0.182. The molecule has 1 aromatic carbocycles. The number of primary sulfonamides is 1. The highest BCUT2D eigenvalue weighted by atomic mass is 32.2. The Morgan fingerprint density at radius 3 is 2.61 bits per heavy atom. The number of benzene rings is 1. The molecule has 0 aliphatic rings. The van der Waals surface area contributed by atoms with Crippen molar-refractivity contribution in [2.24, 2.45) is 10.2 Å². The van der Waals surface area contributed by atoms with Crippen LogP contribution in [0.1, 0.15) is 18.4 Å². The van der Waals surface area contributed by atoms with Crippen molar-refractivity contribution in [1.29, 1.82) is 5.26 Å². The van der Waals surface area contributed by atoms with Gasteiger partial charge in [0.15, 0.2) is 0 Å². The lowest BCUT2D eigenvalue weighted by atomic mass is 10.2. The second-order valence-corrected chi connectivity index (χ2v) is 5.24. The number of nitriles is 1. The largest absolute Gasteiger partial charge is 0.279 e. The van der Waals surface area contributed by atoms with Gasteiger partial charge in [0.2, 0.25) is 10.0 Å². The average molecular weight is 266 g/mol. The standard InChI is InChI=1S/C11H14N4O2S/c12-7-1-2-8-14-15-11-5-3-10(4-6-11)9-18(13,16)17/h3-6,8,15H,1-2,9H2,(H2,13,16,17)/b14-8-. The molecule has 0 radical (unpaired) electrons. The van der Waals surface area contributed by atoms with Gasteiger partial charge in [0, 0.05) is 12.6 Å². The molecule has 0 spiro atoms. The summed E-state index contributed by atoms with van der Waals surface area (Å²) in [4.78, 5) is 0. The minimum absolute atomic E-state index is 0.182. The first-order chi connectivity index (χ1) is 8.51. The summed E-state index contributed by atoms with van der Waals surface area (Å²) in [6.45, 7) is 0. The summed E-state index contributed by atoms with van der Waals surface area (Å²) in [5.41, 5.74) is 4.13. The van der Waals surface area contributed by atoms with Gasteiger partial charge in [-0.15, -0.1) is 0 Å². The molecule has 0 saturated carbocycles. The number of nitrogens with zero attached hydrogens (tertiary/aromatic N) is 2. The number of nitrogens with one attached hydrogen (secondary N) is 1. The van der Waals surface area contributed by atoms with Crippen LogP contribution in [0.2, 0.25) is 0 Å². The molecule has 0 aromatic heterocycles. The van der Waals surface area contributed by atoms with Crippen LogP contribution in [0.4, 0.5) is 5.69 Å². The Balaban J connectivity index is 2.51. The van der Waals surface area contributed by atoms with Gasteiger partial charge in [-0.3, -0.25) is 5.43 Å². The fraction of sp³-hybridized carbons (Fsp3) is 0.273. The van der Waals surface area contributed by atoms with Crippen LogP contribution in [-0.2, 0) is 15.8 Å². The number of anilines is 1. The molecule has 1 aromatic rings. The molecule has 0 unspecified atom stereocenters. The van der Waals surface area contributed by atoms with E-state index in [9.17, 15) is 8.42 Å². The van der Waals surface area contributed by atoms with Crippen LogP contribution in [0.5, 0.6) is 0 Å². The fourth-order valence-corrected chi connectivity index (χ4v) is 1.88. The van der Waals surface area contributed by atoms with Crippen molar-refractivity contribution in [1.82, 2.24) is 0 Å². The van der Waals surface area contributed by atoms with Crippen LogP contribution in [0.15, 0.2) is 29.4 Å². The third-order valence-electron chi connectivity index (χ3n) is 1.99. The lowest BCUT2D eigenvalue weighted by molar-refractivity contribution is 0.597. The predicted octanol–water partition coefficient (Wildman–Crippen LogP) is 1.18. The zero-order chi connectivity index (χ0) is 13.4. The Bertz CT molecular complexity index is 543. The van der Waals surface area contributed by atoms with E-state index < -0.39 is 10.0 Å². The SMILES string of the molecule is N#CCC/C=N\Nc1ccc(CS(N)(=O)=O)cc1. The number of rotatable bonds is 6. The highest BCUT2D eigenvalue weighted by molar-refractivity contribution is 7.88. The van der Waals surface area contributed by atoms with E-state index in [-0.39, 0.29) is 5.75 Å². The first-order valence-corrected chi connectivity index (χ1v) is 6.97. The molecule has 0 amide bonds. The van der Waals surface area contributed by atoms with Crippen molar-refractivity contribution in [3.8, 4) is 6.07 Å². The Morgan fingerprint density at radius 1 is 1.39 bits per heavy atom. The third-order valence-corrected chi connectivity index (χ3v) is 2.73. The van der Waals surface area contributed by atoms with Crippen molar-refractivity contribution in [2.45, 2.75) is 18.6 Å². The number of unbranched alkanes of at least 4 members (excludes halogenated alkanes) is 1. The molecule has 1 rings (SSSR count). The molecule has 0 aliphatic carbocycles. The zero-order valence-electron chi connectivity index (χ0n) is 9.70. The van der Waals surface area contributed by atoms with Crippen LogP contribution < -0.4 is 10.6 Å². The van der Waals surface area contributed by atoms with E-state index in [2.05, 4.69) is 10.5 Å². The number of hydrogen-bond acceptors (Lipinski definition) is 5. The second kappa shape index (κ2) is 6.74. The second-order valence-electron chi connectivity index (χ2n) is 3.62.